The van der Waals surface area contributed by atoms with Gasteiger partial charge in [-0.2, -0.15) is 23.2 Å². The van der Waals surface area contributed by atoms with Crippen LogP contribution in [0.25, 0.3) is 11.4 Å². The van der Waals surface area contributed by atoms with Gasteiger partial charge in [-0.3, -0.25) is 4.84 Å². The highest BCUT2D eigenvalue weighted by atomic mass is 19.4. The summed E-state index contributed by atoms with van der Waals surface area (Å²) < 4.78 is 41.7. The van der Waals surface area contributed by atoms with Crippen LogP contribution in [0.2, 0.25) is 0 Å². The van der Waals surface area contributed by atoms with E-state index in [1.807, 2.05) is 6.92 Å². The highest BCUT2D eigenvalue weighted by Crippen LogP contribution is 2.34. The lowest BCUT2D eigenvalue weighted by Crippen LogP contribution is -2.44. The first-order valence-corrected chi connectivity index (χ1v) is 7.84. The van der Waals surface area contributed by atoms with Gasteiger partial charge in [-0.1, -0.05) is 29.4 Å². The molecule has 3 rings (SSSR count). The molecule has 0 unspecified atom stereocenters. The number of carbonyl (C=O) groups is 1. The number of halogens is 3. The maximum absolute atomic E-state index is 12.5. The van der Waals surface area contributed by atoms with Crippen molar-refractivity contribution in [2.45, 2.75) is 38.0 Å². The lowest BCUT2D eigenvalue weighted by molar-refractivity contribution is -0.159. The Labute approximate surface area is 147 Å². The van der Waals surface area contributed by atoms with E-state index in [4.69, 9.17) is 4.84 Å². The van der Waals surface area contributed by atoms with Crippen molar-refractivity contribution in [1.29, 1.82) is 0 Å². The van der Waals surface area contributed by atoms with E-state index in [1.165, 1.54) is 12.2 Å². The minimum Gasteiger partial charge on any atom is -0.331 e. The second-order valence-electron chi connectivity index (χ2n) is 6.33. The summed E-state index contributed by atoms with van der Waals surface area (Å²) in [5, 5.41) is 7.38. The molecular formula is C16H17F3N4O3. The van der Waals surface area contributed by atoms with Crippen molar-refractivity contribution in [2.24, 2.45) is 0 Å². The van der Waals surface area contributed by atoms with Crippen molar-refractivity contribution >= 4 is 6.03 Å². The van der Waals surface area contributed by atoms with Crippen LogP contribution in [0.15, 0.2) is 28.8 Å². The quantitative estimate of drug-likeness (QED) is 0.816. The number of urea groups is 1. The number of hydrogen-bond donors (Lipinski definition) is 1. The summed E-state index contributed by atoms with van der Waals surface area (Å²) >= 11 is 0. The van der Waals surface area contributed by atoms with Crippen LogP contribution in [-0.2, 0) is 17.6 Å². The van der Waals surface area contributed by atoms with E-state index in [0.717, 1.165) is 18.4 Å². The van der Waals surface area contributed by atoms with Crippen LogP contribution in [-0.4, -0.2) is 33.9 Å². The molecule has 0 atom stereocenters. The number of hydroxylamine groups is 2. The monoisotopic (exact) mass is 370 g/mol. The zero-order valence-electron chi connectivity index (χ0n) is 14.1. The number of hydrogen-bond acceptors (Lipinski definition) is 5. The third kappa shape index (κ3) is 4.13. The number of alkyl halides is 3. The average molecular weight is 370 g/mol. The fourth-order valence-corrected chi connectivity index (χ4v) is 2.23. The molecule has 10 heteroatoms. The number of nitrogens with one attached hydrogen (secondary N) is 1. The fraction of sp³-hybridized carbons (Fsp3) is 0.438. The smallest absolute Gasteiger partial charge is 0.331 e. The molecule has 140 valence electrons. The van der Waals surface area contributed by atoms with Gasteiger partial charge in [0.25, 0.3) is 0 Å². The third-order valence-corrected chi connectivity index (χ3v) is 4.06. The summed E-state index contributed by atoms with van der Waals surface area (Å²) in [5.74, 6) is -1.56. The zero-order valence-corrected chi connectivity index (χ0v) is 14.1. The molecule has 1 saturated carbocycles. The van der Waals surface area contributed by atoms with Gasteiger partial charge >= 0.3 is 18.1 Å². The Morgan fingerprint density at radius 1 is 1.35 bits per heavy atom. The standard InChI is InChI=1S/C16H17F3N4O3/c1-15(7-8-15)21-14(24)23(25-2)9-10-3-5-11(6-4-10)12-20-13(26-22-12)16(17,18)19/h3-6H,7-9H2,1-2H3,(H,21,24). The minimum atomic E-state index is -4.68. The van der Waals surface area contributed by atoms with E-state index < -0.39 is 12.1 Å². The van der Waals surface area contributed by atoms with Crippen molar-refractivity contribution in [1.82, 2.24) is 20.5 Å². The topological polar surface area (TPSA) is 80.5 Å². The summed E-state index contributed by atoms with van der Waals surface area (Å²) in [6.45, 7) is 2.13. The van der Waals surface area contributed by atoms with Gasteiger partial charge in [0.15, 0.2) is 0 Å². The third-order valence-electron chi connectivity index (χ3n) is 4.06. The van der Waals surface area contributed by atoms with Crippen LogP contribution in [0.1, 0.15) is 31.2 Å². The molecule has 0 bridgehead atoms. The van der Waals surface area contributed by atoms with Gasteiger partial charge in [-0.25, -0.2) is 4.79 Å². The Hall–Kier alpha value is -2.62. The van der Waals surface area contributed by atoms with E-state index >= 15 is 0 Å². The molecule has 0 saturated heterocycles. The van der Waals surface area contributed by atoms with Gasteiger partial charge in [-0.05, 0) is 25.3 Å². The van der Waals surface area contributed by atoms with E-state index in [2.05, 4.69) is 20.0 Å². The van der Waals surface area contributed by atoms with E-state index in [1.54, 1.807) is 24.3 Å². The number of benzene rings is 1. The van der Waals surface area contributed by atoms with Crippen LogP contribution < -0.4 is 5.32 Å². The van der Waals surface area contributed by atoms with Crippen molar-refractivity contribution in [3.05, 3.63) is 35.7 Å². The molecule has 26 heavy (non-hydrogen) atoms. The lowest BCUT2D eigenvalue weighted by atomic mass is 10.1. The number of aromatic nitrogens is 2. The largest absolute Gasteiger partial charge is 0.471 e. The number of amides is 2. The number of nitrogens with zero attached hydrogens (tertiary/aromatic N) is 3. The Bertz CT molecular complexity index is 785. The van der Waals surface area contributed by atoms with Gasteiger partial charge < -0.3 is 9.84 Å². The molecule has 1 aromatic heterocycles. The van der Waals surface area contributed by atoms with E-state index in [-0.39, 0.29) is 23.9 Å². The first kappa shape index (κ1) is 18.2. The summed E-state index contributed by atoms with van der Waals surface area (Å²) in [6.07, 6.45) is -2.83. The molecular weight excluding hydrogens is 353 g/mol. The lowest BCUT2D eigenvalue weighted by Gasteiger charge is -2.22. The molecule has 2 aromatic rings. The molecule has 7 nitrogen and oxygen atoms in total. The molecule has 1 N–H and O–H groups in total. The molecule has 0 spiro atoms. The zero-order chi connectivity index (χ0) is 18.9. The Morgan fingerprint density at radius 3 is 2.50 bits per heavy atom. The van der Waals surface area contributed by atoms with E-state index in [0.29, 0.717) is 5.56 Å². The Kier molecular flexibility index (Phi) is 4.61. The first-order valence-electron chi connectivity index (χ1n) is 7.84. The highest BCUT2D eigenvalue weighted by Gasteiger charge is 2.40. The summed E-state index contributed by atoms with van der Waals surface area (Å²) in [7, 11) is 1.39. The summed E-state index contributed by atoms with van der Waals surface area (Å²) in [5.41, 5.74) is 0.921. The minimum absolute atomic E-state index is 0.160. The average Bonchev–Trinajstić information content (AvgIpc) is 3.11. The molecule has 1 aliphatic carbocycles. The first-order chi connectivity index (χ1) is 12.2. The number of rotatable bonds is 5. The van der Waals surface area contributed by atoms with Crippen LogP contribution in [0.3, 0.4) is 0 Å². The second kappa shape index (κ2) is 6.60. The predicted molar refractivity (Wildman–Crippen MR) is 83.5 cm³/mol. The van der Waals surface area contributed by atoms with Crippen molar-refractivity contribution in [3.63, 3.8) is 0 Å². The second-order valence-corrected chi connectivity index (χ2v) is 6.33. The molecule has 1 aromatic carbocycles. The van der Waals surface area contributed by atoms with Crippen LogP contribution in [0, 0.1) is 0 Å². The normalized spacial score (nSPS) is 15.6. The predicted octanol–water partition coefficient (Wildman–Crippen LogP) is 3.38. The number of carbonyl (C=O) groups excluding carboxylic acids is 1. The van der Waals surface area contributed by atoms with Crippen LogP contribution >= 0.6 is 0 Å². The highest BCUT2D eigenvalue weighted by molar-refractivity contribution is 5.74. The van der Waals surface area contributed by atoms with E-state index in [9.17, 15) is 18.0 Å². The van der Waals surface area contributed by atoms with Crippen LogP contribution in [0.5, 0.6) is 0 Å². The molecule has 1 fully saturated rings. The van der Waals surface area contributed by atoms with Gasteiger partial charge in [0.1, 0.15) is 0 Å². The summed E-state index contributed by atoms with van der Waals surface area (Å²) in [4.78, 5) is 20.6. The van der Waals surface area contributed by atoms with Crippen molar-refractivity contribution < 1.29 is 27.3 Å². The van der Waals surface area contributed by atoms with Gasteiger partial charge in [-0.15, -0.1) is 0 Å². The van der Waals surface area contributed by atoms with Gasteiger partial charge in [0.2, 0.25) is 5.82 Å². The molecule has 2 amide bonds. The van der Waals surface area contributed by atoms with Crippen LogP contribution in [0.4, 0.5) is 18.0 Å². The van der Waals surface area contributed by atoms with Gasteiger partial charge in [0.05, 0.1) is 13.7 Å². The maximum Gasteiger partial charge on any atom is 0.471 e. The molecule has 1 heterocycles. The Balaban J connectivity index is 1.66. The summed E-state index contributed by atoms with van der Waals surface area (Å²) in [6, 6.07) is 6.06. The molecule has 0 aliphatic heterocycles. The van der Waals surface area contributed by atoms with Crippen molar-refractivity contribution in [2.75, 3.05) is 7.11 Å². The molecule has 0 radical (unpaired) electrons. The Morgan fingerprint density at radius 2 is 2.00 bits per heavy atom. The molecule has 1 aliphatic rings. The van der Waals surface area contributed by atoms with Gasteiger partial charge in [0, 0.05) is 11.1 Å². The SMILES string of the molecule is CON(Cc1ccc(-c2noc(C(F)(F)F)n2)cc1)C(=O)NC1(C)CC1. The maximum atomic E-state index is 12.5. The fourth-order valence-electron chi connectivity index (χ4n) is 2.23. The van der Waals surface area contributed by atoms with Crippen molar-refractivity contribution in [3.8, 4) is 11.4 Å².